The number of sulfonamides is 1. The van der Waals surface area contributed by atoms with Gasteiger partial charge in [0.2, 0.25) is 10.0 Å². The molecule has 0 spiro atoms. The standard InChI is InChI=1S/C11H9ClN2O3S/c1-8(12)7-18(16,17)14-11(15)10-4-2-9(6-13)3-5-10/h2-5H,1,7H2,(H,14,15). The molecule has 0 aromatic heterocycles. The number of hydrogen-bond acceptors (Lipinski definition) is 4. The Kier molecular flexibility index (Phi) is 4.48. The molecule has 1 N–H and O–H groups in total. The van der Waals surface area contributed by atoms with Crippen molar-refractivity contribution >= 4 is 27.5 Å². The van der Waals surface area contributed by atoms with Crippen LogP contribution < -0.4 is 4.72 Å². The lowest BCUT2D eigenvalue weighted by Gasteiger charge is -2.05. The molecule has 0 fully saturated rings. The van der Waals surface area contributed by atoms with E-state index in [1.165, 1.54) is 24.3 Å². The van der Waals surface area contributed by atoms with Gasteiger partial charge in [0.25, 0.3) is 5.91 Å². The van der Waals surface area contributed by atoms with Gasteiger partial charge in [-0.25, -0.2) is 13.1 Å². The number of nitrogens with zero attached hydrogens (tertiary/aromatic N) is 1. The summed E-state index contributed by atoms with van der Waals surface area (Å²) >= 11 is 5.37. The molecular weight excluding hydrogens is 276 g/mol. The molecule has 1 rings (SSSR count). The van der Waals surface area contributed by atoms with Crippen LogP contribution in [-0.4, -0.2) is 20.1 Å². The first kappa shape index (κ1) is 14.2. The van der Waals surface area contributed by atoms with E-state index in [1.807, 2.05) is 10.8 Å². The Labute approximate surface area is 110 Å². The molecule has 0 bridgehead atoms. The molecule has 7 heteroatoms. The highest BCUT2D eigenvalue weighted by Crippen LogP contribution is 2.05. The number of hydrogen-bond donors (Lipinski definition) is 1. The van der Waals surface area contributed by atoms with Crippen LogP contribution in [0.5, 0.6) is 0 Å². The van der Waals surface area contributed by atoms with Gasteiger partial charge in [0.15, 0.2) is 0 Å². The van der Waals surface area contributed by atoms with E-state index in [0.29, 0.717) is 5.56 Å². The zero-order valence-corrected chi connectivity index (χ0v) is 10.8. The van der Waals surface area contributed by atoms with Gasteiger partial charge in [0, 0.05) is 10.6 Å². The predicted octanol–water partition coefficient (Wildman–Crippen LogP) is 1.37. The van der Waals surface area contributed by atoms with Crippen molar-refractivity contribution in [1.29, 1.82) is 5.26 Å². The van der Waals surface area contributed by atoms with E-state index in [4.69, 9.17) is 16.9 Å². The normalized spacial score (nSPS) is 10.4. The van der Waals surface area contributed by atoms with Gasteiger partial charge >= 0.3 is 0 Å². The number of nitriles is 1. The Morgan fingerprint density at radius 3 is 2.39 bits per heavy atom. The molecule has 1 amide bonds. The van der Waals surface area contributed by atoms with Gasteiger partial charge in [0.05, 0.1) is 11.6 Å². The average molecular weight is 285 g/mol. The lowest BCUT2D eigenvalue weighted by atomic mass is 10.1. The van der Waals surface area contributed by atoms with E-state index < -0.39 is 21.7 Å². The van der Waals surface area contributed by atoms with Crippen LogP contribution in [0.2, 0.25) is 0 Å². The smallest absolute Gasteiger partial charge is 0.264 e. The number of benzene rings is 1. The minimum absolute atomic E-state index is 0.0878. The number of nitrogens with one attached hydrogen (secondary N) is 1. The van der Waals surface area contributed by atoms with Crippen LogP contribution in [0, 0.1) is 11.3 Å². The third-order valence-electron chi connectivity index (χ3n) is 1.87. The largest absolute Gasteiger partial charge is 0.268 e. The van der Waals surface area contributed by atoms with Crippen LogP contribution in [0.15, 0.2) is 35.9 Å². The number of carbonyl (C=O) groups is 1. The topological polar surface area (TPSA) is 87.0 Å². The van der Waals surface area contributed by atoms with Crippen molar-refractivity contribution in [3.05, 3.63) is 47.0 Å². The fourth-order valence-electron chi connectivity index (χ4n) is 1.14. The fourth-order valence-corrected chi connectivity index (χ4v) is 2.45. The summed E-state index contributed by atoms with van der Waals surface area (Å²) in [6.45, 7) is 3.24. The van der Waals surface area contributed by atoms with E-state index >= 15 is 0 Å². The van der Waals surface area contributed by atoms with E-state index in [0.717, 1.165) is 0 Å². The maximum absolute atomic E-state index is 11.6. The number of carbonyl (C=O) groups excluding carboxylic acids is 1. The second-order valence-corrected chi connectivity index (χ2v) is 5.65. The number of amides is 1. The molecule has 0 aliphatic heterocycles. The highest BCUT2D eigenvalue weighted by molar-refractivity contribution is 7.90. The molecule has 1 aromatic rings. The first-order chi connectivity index (χ1) is 8.34. The zero-order valence-electron chi connectivity index (χ0n) is 9.18. The predicted molar refractivity (Wildman–Crippen MR) is 67.4 cm³/mol. The first-order valence-electron chi connectivity index (χ1n) is 4.72. The Hall–Kier alpha value is -1.84. The Morgan fingerprint density at radius 1 is 1.39 bits per heavy atom. The summed E-state index contributed by atoms with van der Waals surface area (Å²) in [6.07, 6.45) is 0. The van der Waals surface area contributed by atoms with Crippen LogP contribution in [-0.2, 0) is 10.0 Å². The van der Waals surface area contributed by atoms with Crippen molar-refractivity contribution < 1.29 is 13.2 Å². The monoisotopic (exact) mass is 284 g/mol. The molecule has 0 saturated carbocycles. The van der Waals surface area contributed by atoms with E-state index in [2.05, 4.69) is 6.58 Å². The lowest BCUT2D eigenvalue weighted by Crippen LogP contribution is -2.32. The molecular formula is C11H9ClN2O3S. The minimum Gasteiger partial charge on any atom is -0.268 e. The van der Waals surface area contributed by atoms with Crippen molar-refractivity contribution in [2.24, 2.45) is 0 Å². The number of halogens is 1. The summed E-state index contributed by atoms with van der Waals surface area (Å²) in [6, 6.07) is 7.45. The highest BCUT2D eigenvalue weighted by Gasteiger charge is 2.16. The quantitative estimate of drug-likeness (QED) is 0.904. The second-order valence-electron chi connectivity index (χ2n) is 3.40. The lowest BCUT2D eigenvalue weighted by molar-refractivity contribution is 0.0981. The average Bonchev–Trinajstić information content (AvgIpc) is 2.26. The highest BCUT2D eigenvalue weighted by atomic mass is 35.5. The minimum atomic E-state index is -3.84. The Bertz CT molecular complexity index is 615. The molecule has 0 radical (unpaired) electrons. The van der Waals surface area contributed by atoms with Crippen molar-refractivity contribution in [3.8, 4) is 6.07 Å². The number of rotatable bonds is 4. The van der Waals surface area contributed by atoms with Gasteiger partial charge in [-0.1, -0.05) is 18.2 Å². The second kappa shape index (κ2) is 5.67. The maximum atomic E-state index is 11.6. The van der Waals surface area contributed by atoms with Gasteiger partial charge in [0.1, 0.15) is 5.75 Å². The van der Waals surface area contributed by atoms with Crippen LogP contribution in [0.4, 0.5) is 0 Å². The molecule has 94 valence electrons. The van der Waals surface area contributed by atoms with Gasteiger partial charge in [-0.05, 0) is 24.3 Å². The van der Waals surface area contributed by atoms with Crippen LogP contribution in [0.1, 0.15) is 15.9 Å². The summed E-state index contributed by atoms with van der Waals surface area (Å²) < 4.78 is 24.7. The molecule has 0 heterocycles. The first-order valence-corrected chi connectivity index (χ1v) is 6.75. The molecule has 0 atom stereocenters. The van der Waals surface area contributed by atoms with Crippen LogP contribution in [0.25, 0.3) is 0 Å². The summed E-state index contributed by atoms with van der Waals surface area (Å²) in [5, 5.41) is 8.49. The van der Waals surface area contributed by atoms with Gasteiger partial charge in [-0.15, -0.1) is 0 Å². The Morgan fingerprint density at radius 2 is 1.94 bits per heavy atom. The van der Waals surface area contributed by atoms with Crippen molar-refractivity contribution in [1.82, 2.24) is 4.72 Å². The van der Waals surface area contributed by atoms with E-state index in [9.17, 15) is 13.2 Å². The van der Waals surface area contributed by atoms with Crippen molar-refractivity contribution in [3.63, 3.8) is 0 Å². The maximum Gasteiger partial charge on any atom is 0.264 e. The fraction of sp³-hybridized carbons (Fsp3) is 0.0909. The van der Waals surface area contributed by atoms with Crippen LogP contribution in [0.3, 0.4) is 0 Å². The molecule has 0 aliphatic carbocycles. The Balaban J connectivity index is 2.83. The summed E-state index contributed by atoms with van der Waals surface area (Å²) in [5.74, 6) is -1.31. The van der Waals surface area contributed by atoms with Gasteiger partial charge in [-0.2, -0.15) is 5.26 Å². The summed E-state index contributed by atoms with van der Waals surface area (Å²) in [5.41, 5.74) is 0.515. The summed E-state index contributed by atoms with van der Waals surface area (Å²) in [7, 11) is -3.84. The third kappa shape index (κ3) is 4.20. The zero-order chi connectivity index (χ0) is 13.8. The molecule has 0 aliphatic rings. The molecule has 0 saturated heterocycles. The summed E-state index contributed by atoms with van der Waals surface area (Å²) in [4.78, 5) is 11.6. The van der Waals surface area contributed by atoms with E-state index in [-0.39, 0.29) is 10.6 Å². The molecule has 1 aromatic carbocycles. The van der Waals surface area contributed by atoms with Crippen molar-refractivity contribution in [2.45, 2.75) is 0 Å². The molecule has 0 unspecified atom stereocenters. The SMILES string of the molecule is C=C(Cl)CS(=O)(=O)NC(=O)c1ccc(C#N)cc1. The van der Waals surface area contributed by atoms with Crippen molar-refractivity contribution in [2.75, 3.05) is 5.75 Å². The van der Waals surface area contributed by atoms with Gasteiger partial charge < -0.3 is 0 Å². The molecule has 18 heavy (non-hydrogen) atoms. The van der Waals surface area contributed by atoms with E-state index in [1.54, 1.807) is 0 Å². The molecule has 5 nitrogen and oxygen atoms in total. The van der Waals surface area contributed by atoms with Crippen LogP contribution >= 0.6 is 11.6 Å². The van der Waals surface area contributed by atoms with Gasteiger partial charge in [-0.3, -0.25) is 4.79 Å². The third-order valence-corrected chi connectivity index (χ3v) is 3.39.